The number of aliphatic hydroxyl groups excluding tert-OH is 1. The van der Waals surface area contributed by atoms with Crippen LogP contribution in [0.5, 0.6) is 5.75 Å². The van der Waals surface area contributed by atoms with Crippen molar-refractivity contribution < 1.29 is 19.8 Å². The molecule has 7 nitrogen and oxygen atoms in total. The first-order chi connectivity index (χ1) is 19.5. The summed E-state index contributed by atoms with van der Waals surface area (Å²) in [6.07, 6.45) is 5.91. The third-order valence-electron chi connectivity index (χ3n) is 8.38. The Balaban J connectivity index is 0.000000696. The minimum absolute atomic E-state index is 0.0672. The number of likely N-dealkylation sites (tertiary alicyclic amines) is 1. The summed E-state index contributed by atoms with van der Waals surface area (Å²) < 4.78 is 0. The number of nitrogens with one attached hydrogen (secondary N) is 2. The molecule has 4 N–H and O–H groups in total. The Hall–Kier alpha value is -2.39. The van der Waals surface area contributed by atoms with Gasteiger partial charge in [0.15, 0.2) is 0 Å². The molecule has 226 valence electrons. The van der Waals surface area contributed by atoms with E-state index < -0.39 is 12.1 Å². The number of hydrogen-bond donors (Lipinski definition) is 4. The fourth-order valence-corrected chi connectivity index (χ4v) is 6.54. The molecule has 2 fully saturated rings. The van der Waals surface area contributed by atoms with Crippen molar-refractivity contribution in [3.63, 3.8) is 0 Å². The van der Waals surface area contributed by atoms with Crippen LogP contribution in [0.15, 0.2) is 53.4 Å². The number of amides is 1. The number of hydrogen-bond acceptors (Lipinski definition) is 7. The van der Waals surface area contributed by atoms with Crippen molar-refractivity contribution in [1.29, 1.82) is 0 Å². The van der Waals surface area contributed by atoms with E-state index in [2.05, 4.69) is 36.3 Å². The lowest BCUT2D eigenvalue weighted by molar-refractivity contribution is -0.116. The smallest absolute Gasteiger partial charge is 0.252 e. The van der Waals surface area contributed by atoms with E-state index in [-0.39, 0.29) is 17.7 Å². The lowest BCUT2D eigenvalue weighted by atomic mass is 9.73. The van der Waals surface area contributed by atoms with E-state index in [0.29, 0.717) is 40.8 Å². The molecule has 4 rings (SSSR count). The second kappa shape index (κ2) is 15.7. The Morgan fingerprint density at radius 1 is 1.10 bits per heavy atom. The summed E-state index contributed by atoms with van der Waals surface area (Å²) in [6.45, 7) is 9.26. The molecule has 0 bridgehead atoms. The fraction of sp³-hybridized carbons (Fsp3) is 0.576. The van der Waals surface area contributed by atoms with E-state index in [1.165, 1.54) is 25.7 Å². The van der Waals surface area contributed by atoms with E-state index in [1.807, 2.05) is 37.4 Å². The van der Waals surface area contributed by atoms with Gasteiger partial charge in [-0.3, -0.25) is 9.69 Å². The molecule has 41 heavy (non-hydrogen) atoms. The van der Waals surface area contributed by atoms with Gasteiger partial charge in [0.2, 0.25) is 0 Å². The standard InChI is InChI=1S/C28H36N2O4S.C5H13N/c1-19-24(12-7-13-26(19)32)28(34)29-25(18-35-23-10-3-2-4-11-23)27(33)16-30-15-21-9-6-5-8-20(21)14-22(30)17-31;1-5(2,3)6-4/h2-4,7,10-13,17,20-22,25,27,32-33H,5-6,8-9,14-16,18H2,1H3,(H,29,34);6H,1-4H3/t20-,21+,22-,25-,27+;/m0./s1. The summed E-state index contributed by atoms with van der Waals surface area (Å²) in [5.41, 5.74) is 1.19. The molecule has 1 saturated carbocycles. The molecule has 0 radical (unpaired) electrons. The third kappa shape index (κ3) is 10.1. The van der Waals surface area contributed by atoms with Crippen molar-refractivity contribution in [2.24, 2.45) is 11.8 Å². The third-order valence-corrected chi connectivity index (χ3v) is 9.51. The zero-order valence-electron chi connectivity index (χ0n) is 25.3. The van der Waals surface area contributed by atoms with Gasteiger partial charge in [-0.05, 0) is 83.7 Å². The van der Waals surface area contributed by atoms with Crippen LogP contribution in [0.3, 0.4) is 0 Å². The van der Waals surface area contributed by atoms with E-state index in [9.17, 15) is 19.8 Å². The van der Waals surface area contributed by atoms with Crippen molar-refractivity contribution >= 4 is 24.0 Å². The van der Waals surface area contributed by atoms with E-state index in [4.69, 9.17) is 0 Å². The highest BCUT2D eigenvalue weighted by Gasteiger charge is 2.38. The maximum Gasteiger partial charge on any atom is 0.252 e. The Morgan fingerprint density at radius 2 is 1.76 bits per heavy atom. The molecular weight excluding hydrogens is 534 g/mol. The Bertz CT molecular complexity index is 1110. The number of nitrogens with zero attached hydrogens (tertiary/aromatic N) is 1. The molecule has 2 aliphatic rings. The monoisotopic (exact) mass is 583 g/mol. The summed E-state index contributed by atoms with van der Waals surface area (Å²) in [5, 5.41) is 27.5. The predicted molar refractivity (Wildman–Crippen MR) is 168 cm³/mol. The lowest BCUT2D eigenvalue weighted by Crippen LogP contribution is -2.55. The summed E-state index contributed by atoms with van der Waals surface area (Å²) in [5.74, 6) is 1.41. The van der Waals surface area contributed by atoms with Gasteiger partial charge in [-0.2, -0.15) is 0 Å². The zero-order valence-corrected chi connectivity index (χ0v) is 26.1. The van der Waals surface area contributed by atoms with E-state index in [1.54, 1.807) is 36.9 Å². The summed E-state index contributed by atoms with van der Waals surface area (Å²) in [4.78, 5) is 28.2. The SMILES string of the molecule is CNC(C)(C)C.Cc1c(O)cccc1C(=O)N[C@@H](CSc1ccccc1)[C@H](O)CN1C[C@H]2CCCC[C@H]2C[C@H]1C=O. The Kier molecular flexibility index (Phi) is 12.7. The number of phenolic OH excluding ortho intramolecular Hbond substituents is 1. The van der Waals surface area contributed by atoms with Crippen molar-refractivity contribution in [3.8, 4) is 5.75 Å². The first kappa shape index (κ1) is 33.1. The number of aldehydes is 1. The Labute approximate surface area is 250 Å². The number of aromatic hydroxyl groups is 1. The van der Waals surface area contributed by atoms with Crippen LogP contribution in [0, 0.1) is 18.8 Å². The molecule has 1 aliphatic carbocycles. The lowest BCUT2D eigenvalue weighted by Gasteiger charge is -2.45. The van der Waals surface area contributed by atoms with Gasteiger partial charge in [0.05, 0.1) is 18.2 Å². The molecule has 1 aliphatic heterocycles. The molecule has 1 saturated heterocycles. The van der Waals surface area contributed by atoms with Crippen LogP contribution in [0.4, 0.5) is 0 Å². The number of aliphatic hydroxyl groups is 1. The molecule has 1 heterocycles. The van der Waals surface area contributed by atoms with Crippen LogP contribution >= 0.6 is 11.8 Å². The van der Waals surface area contributed by atoms with Crippen LogP contribution in [0.1, 0.15) is 68.8 Å². The Morgan fingerprint density at radius 3 is 2.39 bits per heavy atom. The molecule has 8 heteroatoms. The number of piperidine rings is 1. The number of β-amino-alcohol motifs (C(OH)–C–C–N with tert-alkyl or cyclic N) is 1. The number of benzene rings is 2. The van der Waals surface area contributed by atoms with Crippen LogP contribution in [0.25, 0.3) is 0 Å². The molecule has 2 aromatic rings. The van der Waals surface area contributed by atoms with Gasteiger partial charge in [-0.15, -0.1) is 11.8 Å². The normalized spacial score (nSPS) is 22.4. The van der Waals surface area contributed by atoms with Gasteiger partial charge in [-0.25, -0.2) is 0 Å². The molecular formula is C33H49N3O4S. The summed E-state index contributed by atoms with van der Waals surface area (Å²) in [7, 11) is 1.96. The summed E-state index contributed by atoms with van der Waals surface area (Å²) >= 11 is 1.58. The van der Waals surface area contributed by atoms with Crippen LogP contribution in [-0.4, -0.2) is 76.9 Å². The van der Waals surface area contributed by atoms with Crippen LogP contribution in [-0.2, 0) is 4.79 Å². The van der Waals surface area contributed by atoms with E-state index >= 15 is 0 Å². The maximum absolute atomic E-state index is 13.1. The molecule has 0 unspecified atom stereocenters. The molecule has 0 spiro atoms. The van der Waals surface area contributed by atoms with Gasteiger partial charge >= 0.3 is 0 Å². The zero-order chi connectivity index (χ0) is 30.0. The van der Waals surface area contributed by atoms with Gasteiger partial charge < -0.3 is 25.6 Å². The number of carbonyl (C=O) groups excluding carboxylic acids is 2. The predicted octanol–water partition coefficient (Wildman–Crippen LogP) is 5.04. The van der Waals surface area contributed by atoms with Crippen LogP contribution in [0.2, 0.25) is 0 Å². The van der Waals surface area contributed by atoms with E-state index in [0.717, 1.165) is 24.1 Å². The number of carbonyl (C=O) groups is 2. The summed E-state index contributed by atoms with van der Waals surface area (Å²) in [6, 6.07) is 14.1. The quantitative estimate of drug-likeness (QED) is 0.242. The number of phenols is 1. The highest BCUT2D eigenvalue weighted by Crippen LogP contribution is 2.38. The fourth-order valence-electron chi connectivity index (χ4n) is 5.52. The van der Waals surface area contributed by atoms with Crippen molar-refractivity contribution in [2.45, 2.75) is 88.4 Å². The molecule has 1 amide bonds. The van der Waals surface area contributed by atoms with Crippen LogP contribution < -0.4 is 10.6 Å². The average molecular weight is 584 g/mol. The first-order valence-electron chi connectivity index (χ1n) is 14.9. The van der Waals surface area contributed by atoms with Gasteiger partial charge in [-0.1, -0.05) is 43.5 Å². The largest absolute Gasteiger partial charge is 0.508 e. The second-order valence-corrected chi connectivity index (χ2v) is 13.5. The molecule has 0 aromatic heterocycles. The number of rotatable bonds is 9. The molecule has 5 atom stereocenters. The van der Waals surface area contributed by atoms with Gasteiger partial charge in [0.25, 0.3) is 5.91 Å². The van der Waals surface area contributed by atoms with Crippen molar-refractivity contribution in [1.82, 2.24) is 15.5 Å². The van der Waals surface area contributed by atoms with Gasteiger partial charge in [0.1, 0.15) is 12.0 Å². The minimum atomic E-state index is -0.838. The van der Waals surface area contributed by atoms with Gasteiger partial charge in [0, 0.05) is 40.4 Å². The highest BCUT2D eigenvalue weighted by atomic mass is 32.2. The highest BCUT2D eigenvalue weighted by molar-refractivity contribution is 7.99. The van der Waals surface area contributed by atoms with Crippen molar-refractivity contribution in [3.05, 3.63) is 59.7 Å². The molecule has 2 aromatic carbocycles. The topological polar surface area (TPSA) is 102 Å². The minimum Gasteiger partial charge on any atom is -0.508 e. The number of thioether (sulfide) groups is 1. The average Bonchev–Trinajstić information content (AvgIpc) is 2.96. The number of fused-ring (bicyclic) bond motifs is 1. The maximum atomic E-state index is 13.1. The van der Waals surface area contributed by atoms with Crippen molar-refractivity contribution in [2.75, 3.05) is 25.9 Å². The second-order valence-electron chi connectivity index (χ2n) is 12.4. The first-order valence-corrected chi connectivity index (χ1v) is 15.8.